The number of benzene rings is 1. The zero-order valence-electron chi connectivity index (χ0n) is 14.1. The number of amides is 1. The lowest BCUT2D eigenvalue weighted by molar-refractivity contribution is -0.137. The second kappa shape index (κ2) is 8.09. The normalized spacial score (nSPS) is 17.5. The molecule has 5 nitrogen and oxygen atoms in total. The number of aromatic nitrogens is 2. The number of aryl methyl sites for hydroxylation is 1. The number of carbonyl (C=O) groups excluding carboxylic acids is 1. The van der Waals surface area contributed by atoms with Crippen LogP contribution in [-0.4, -0.2) is 28.8 Å². The summed E-state index contributed by atoms with van der Waals surface area (Å²) in [5, 5.41) is 10.1. The Morgan fingerprint density at radius 1 is 1.35 bits per heavy atom. The molecule has 0 saturated carbocycles. The summed E-state index contributed by atoms with van der Waals surface area (Å²) in [5.74, 6) is -0.523. The Morgan fingerprint density at radius 2 is 2.12 bits per heavy atom. The van der Waals surface area contributed by atoms with Gasteiger partial charge in [0.1, 0.15) is 0 Å². The van der Waals surface area contributed by atoms with Crippen LogP contribution in [0.1, 0.15) is 40.5 Å². The summed E-state index contributed by atoms with van der Waals surface area (Å²) in [5.41, 5.74) is 0.0700. The zero-order valence-corrected chi connectivity index (χ0v) is 15.0. The molecule has 1 unspecified atom stereocenters. The molecule has 2 heterocycles. The summed E-state index contributed by atoms with van der Waals surface area (Å²) in [7, 11) is 0. The van der Waals surface area contributed by atoms with Gasteiger partial charge in [0, 0.05) is 18.4 Å². The van der Waals surface area contributed by atoms with Gasteiger partial charge in [0.15, 0.2) is 5.69 Å². The van der Waals surface area contributed by atoms with Gasteiger partial charge in [0.2, 0.25) is 0 Å². The van der Waals surface area contributed by atoms with Crippen molar-refractivity contribution in [2.75, 3.05) is 18.4 Å². The van der Waals surface area contributed by atoms with E-state index in [1.54, 1.807) is 23.9 Å². The van der Waals surface area contributed by atoms with Crippen molar-refractivity contribution in [2.45, 2.75) is 32.0 Å². The van der Waals surface area contributed by atoms with Crippen molar-refractivity contribution in [3.63, 3.8) is 0 Å². The molecule has 9 heteroatoms. The van der Waals surface area contributed by atoms with Gasteiger partial charge in [-0.25, -0.2) is 0 Å². The van der Waals surface area contributed by atoms with Crippen molar-refractivity contribution >= 4 is 24.0 Å². The number of halogens is 4. The van der Waals surface area contributed by atoms with Crippen molar-refractivity contribution in [3.8, 4) is 0 Å². The maximum atomic E-state index is 12.8. The van der Waals surface area contributed by atoms with Crippen LogP contribution < -0.4 is 10.6 Å². The summed E-state index contributed by atoms with van der Waals surface area (Å²) < 4.78 is 40.2. The van der Waals surface area contributed by atoms with Crippen LogP contribution >= 0.6 is 12.4 Å². The van der Waals surface area contributed by atoms with E-state index in [2.05, 4.69) is 15.7 Å². The Kier molecular flexibility index (Phi) is 6.30. The number of piperidine rings is 1. The number of hydrogen-bond acceptors (Lipinski definition) is 3. The second-order valence-corrected chi connectivity index (χ2v) is 6.16. The first-order valence-electron chi connectivity index (χ1n) is 8.09. The van der Waals surface area contributed by atoms with E-state index in [4.69, 9.17) is 0 Å². The van der Waals surface area contributed by atoms with Gasteiger partial charge in [-0.05, 0) is 50.1 Å². The Bertz CT molecular complexity index is 770. The molecule has 1 aliphatic rings. The monoisotopic (exact) mass is 388 g/mol. The summed E-state index contributed by atoms with van der Waals surface area (Å²) >= 11 is 0. The van der Waals surface area contributed by atoms with Crippen molar-refractivity contribution in [1.82, 2.24) is 15.1 Å². The summed E-state index contributed by atoms with van der Waals surface area (Å²) in [6.45, 7) is 3.40. The number of nitrogens with one attached hydrogen (secondary N) is 2. The Labute approximate surface area is 155 Å². The average molecular weight is 389 g/mol. The number of nitrogens with zero attached hydrogens (tertiary/aromatic N) is 2. The summed E-state index contributed by atoms with van der Waals surface area (Å²) in [4.78, 5) is 12.3. The van der Waals surface area contributed by atoms with Crippen LogP contribution in [0, 0.1) is 6.92 Å². The van der Waals surface area contributed by atoms with Gasteiger partial charge in [0.25, 0.3) is 5.91 Å². The molecule has 1 aromatic carbocycles. The van der Waals surface area contributed by atoms with Gasteiger partial charge in [-0.2, -0.15) is 18.3 Å². The van der Waals surface area contributed by atoms with Crippen LogP contribution in [0.5, 0.6) is 0 Å². The fraction of sp³-hybridized carbons (Fsp3) is 0.412. The first-order valence-corrected chi connectivity index (χ1v) is 8.09. The molecule has 0 radical (unpaired) electrons. The average Bonchev–Trinajstić information content (AvgIpc) is 3.07. The second-order valence-electron chi connectivity index (χ2n) is 6.16. The molecular weight excluding hydrogens is 369 g/mol. The molecule has 0 bridgehead atoms. The lowest BCUT2D eigenvalue weighted by Crippen LogP contribution is -2.32. The van der Waals surface area contributed by atoms with Crippen LogP contribution in [-0.2, 0) is 6.18 Å². The smallest absolute Gasteiger partial charge is 0.320 e. The molecule has 2 aromatic rings. The number of alkyl halides is 3. The maximum Gasteiger partial charge on any atom is 0.416 e. The predicted octanol–water partition coefficient (Wildman–Crippen LogP) is 3.81. The summed E-state index contributed by atoms with van der Waals surface area (Å²) in [6.07, 6.45) is -0.716. The minimum atomic E-state index is -4.46. The van der Waals surface area contributed by atoms with E-state index in [1.165, 1.54) is 6.07 Å². The van der Waals surface area contributed by atoms with E-state index in [9.17, 15) is 18.0 Å². The lowest BCUT2D eigenvalue weighted by atomic mass is 10.1. The van der Waals surface area contributed by atoms with Crippen molar-refractivity contribution in [1.29, 1.82) is 0 Å². The van der Waals surface area contributed by atoms with Crippen molar-refractivity contribution in [2.24, 2.45) is 0 Å². The van der Waals surface area contributed by atoms with E-state index in [0.29, 0.717) is 5.56 Å². The molecule has 1 fully saturated rings. The molecular formula is C17H20ClF3N4O. The molecule has 1 amide bonds. The quantitative estimate of drug-likeness (QED) is 0.840. The highest BCUT2D eigenvalue weighted by molar-refractivity contribution is 6.03. The molecule has 1 atom stereocenters. The van der Waals surface area contributed by atoms with Gasteiger partial charge in [-0.1, -0.05) is 6.07 Å². The van der Waals surface area contributed by atoms with E-state index in [-0.39, 0.29) is 29.8 Å². The first kappa shape index (κ1) is 20.3. The van der Waals surface area contributed by atoms with Crippen molar-refractivity contribution in [3.05, 3.63) is 47.3 Å². The van der Waals surface area contributed by atoms with Gasteiger partial charge in [-0.15, -0.1) is 12.4 Å². The molecule has 0 spiro atoms. The summed E-state index contributed by atoms with van der Waals surface area (Å²) in [6, 6.07) is 5.04. The van der Waals surface area contributed by atoms with Crippen LogP contribution in [0.2, 0.25) is 0 Å². The van der Waals surface area contributed by atoms with Gasteiger partial charge < -0.3 is 10.6 Å². The maximum absolute atomic E-state index is 12.8. The lowest BCUT2D eigenvalue weighted by Gasteiger charge is -2.22. The van der Waals surface area contributed by atoms with Gasteiger partial charge >= 0.3 is 6.18 Å². The van der Waals surface area contributed by atoms with E-state index >= 15 is 0 Å². The molecule has 26 heavy (non-hydrogen) atoms. The minimum absolute atomic E-state index is 0. The minimum Gasteiger partial charge on any atom is -0.320 e. The van der Waals surface area contributed by atoms with Crippen LogP contribution in [0.25, 0.3) is 0 Å². The third-order valence-corrected chi connectivity index (χ3v) is 4.30. The highest BCUT2D eigenvalue weighted by Crippen LogP contribution is 2.32. The van der Waals surface area contributed by atoms with Crippen LogP contribution in [0.4, 0.5) is 18.9 Å². The highest BCUT2D eigenvalue weighted by atomic mass is 35.5. The molecule has 0 aliphatic carbocycles. The third-order valence-electron chi connectivity index (χ3n) is 4.30. The van der Waals surface area contributed by atoms with Gasteiger partial charge in [0.05, 0.1) is 11.6 Å². The fourth-order valence-corrected chi connectivity index (χ4v) is 2.84. The zero-order chi connectivity index (χ0) is 18.0. The molecule has 142 valence electrons. The van der Waals surface area contributed by atoms with E-state index < -0.39 is 17.6 Å². The van der Waals surface area contributed by atoms with Gasteiger partial charge in [-0.3, -0.25) is 9.48 Å². The predicted molar refractivity (Wildman–Crippen MR) is 94.7 cm³/mol. The van der Waals surface area contributed by atoms with Crippen molar-refractivity contribution < 1.29 is 18.0 Å². The first-order chi connectivity index (χ1) is 11.8. The highest BCUT2D eigenvalue weighted by Gasteiger charge is 2.31. The number of carbonyl (C=O) groups is 1. The standard InChI is InChI=1S/C17H19F3N4O.ClH/c1-11-4-5-12(17(18,19)20)9-15(11)22-16(25)14-6-8-24(23-14)13-3-2-7-21-10-13;/h4-6,8-9,13,21H,2-3,7,10H2,1H3,(H,22,25);1H. The topological polar surface area (TPSA) is 59.0 Å². The molecule has 1 aromatic heterocycles. The number of hydrogen-bond donors (Lipinski definition) is 2. The molecule has 1 aliphatic heterocycles. The van der Waals surface area contributed by atoms with Crippen LogP contribution in [0.15, 0.2) is 30.5 Å². The SMILES string of the molecule is Cc1ccc(C(F)(F)F)cc1NC(=O)c1ccn(C2CCCNC2)n1.Cl. The fourth-order valence-electron chi connectivity index (χ4n) is 2.84. The molecule has 1 saturated heterocycles. The molecule has 3 rings (SSSR count). The Hall–Kier alpha value is -2.06. The number of rotatable bonds is 3. The largest absolute Gasteiger partial charge is 0.416 e. The third kappa shape index (κ3) is 4.56. The van der Waals surface area contributed by atoms with E-state index in [0.717, 1.165) is 38.1 Å². The van der Waals surface area contributed by atoms with E-state index in [1.807, 2.05) is 0 Å². The molecule has 2 N–H and O–H groups in total. The Balaban J connectivity index is 0.00000243. The Morgan fingerprint density at radius 3 is 2.77 bits per heavy atom. The number of anilines is 1. The van der Waals surface area contributed by atoms with Crippen LogP contribution in [0.3, 0.4) is 0 Å².